The fraction of sp³-hybridized carbons (Fsp3) is 0.538. The summed E-state index contributed by atoms with van der Waals surface area (Å²) >= 11 is 18.5. The molecule has 0 spiro atoms. The van der Waals surface area contributed by atoms with Gasteiger partial charge in [0, 0.05) is 25.3 Å². The molecular formula is C13H16Cl3N2+. The molecule has 0 radical (unpaired) electrons. The van der Waals surface area contributed by atoms with Gasteiger partial charge in [-0.2, -0.15) is 0 Å². The second-order valence-corrected chi connectivity index (χ2v) is 7.18. The van der Waals surface area contributed by atoms with E-state index in [1.54, 1.807) is 12.1 Å². The molecule has 0 N–H and O–H groups in total. The maximum atomic E-state index is 6.26. The molecule has 1 aliphatic heterocycles. The van der Waals surface area contributed by atoms with Gasteiger partial charge in [-0.05, 0) is 31.1 Å². The van der Waals surface area contributed by atoms with Crippen molar-refractivity contribution in [3.05, 3.63) is 27.2 Å². The number of halogens is 3. The molecule has 1 aromatic rings. The molecule has 5 heteroatoms. The van der Waals surface area contributed by atoms with E-state index in [0.29, 0.717) is 15.1 Å². The third kappa shape index (κ3) is 2.52. The second-order valence-electron chi connectivity index (χ2n) is 5.93. The van der Waals surface area contributed by atoms with Crippen LogP contribution in [0.2, 0.25) is 15.1 Å². The zero-order valence-corrected chi connectivity index (χ0v) is 13.2. The Morgan fingerprint density at radius 1 is 1.06 bits per heavy atom. The molecule has 0 aliphatic carbocycles. The van der Waals surface area contributed by atoms with Crippen LogP contribution in [0.4, 0.5) is 5.69 Å². The summed E-state index contributed by atoms with van der Waals surface area (Å²) in [6.07, 6.45) is 0.940. The molecule has 1 aliphatic rings. The SMILES string of the molecule is CC1(C)CC(C)(C)[N+](c2c(Cl)cc(Cl)cc2Cl)=N1. The standard InChI is InChI=1S/C13H16Cl3N2/c1-12(2)7-13(3,4)18(17-12)11-9(15)5-8(14)6-10(11)16/h5-6H,7H2,1-4H3/q+1. The Bertz CT molecular complexity index is 510. The fourth-order valence-corrected chi connectivity index (χ4v) is 3.64. The van der Waals surface area contributed by atoms with E-state index in [1.807, 2.05) is 4.70 Å². The normalized spacial score (nSPS) is 20.9. The first-order valence-electron chi connectivity index (χ1n) is 5.80. The Morgan fingerprint density at radius 2 is 1.56 bits per heavy atom. The van der Waals surface area contributed by atoms with E-state index in [1.165, 1.54) is 0 Å². The van der Waals surface area contributed by atoms with E-state index in [4.69, 9.17) is 39.9 Å². The Labute approximate surface area is 123 Å². The smallest absolute Gasteiger partial charge is 0.0842 e. The average molecular weight is 307 g/mol. The van der Waals surface area contributed by atoms with Crippen molar-refractivity contribution < 1.29 is 4.70 Å². The Kier molecular flexibility index (Phi) is 3.42. The molecule has 0 saturated carbocycles. The largest absolute Gasteiger partial charge is 0.269 e. The topological polar surface area (TPSA) is 15.4 Å². The molecular weight excluding hydrogens is 291 g/mol. The lowest BCUT2D eigenvalue weighted by Crippen LogP contribution is -2.30. The van der Waals surface area contributed by atoms with Crippen LogP contribution in [0.25, 0.3) is 0 Å². The lowest BCUT2D eigenvalue weighted by molar-refractivity contribution is -0.573. The molecule has 0 bridgehead atoms. The van der Waals surface area contributed by atoms with E-state index < -0.39 is 0 Å². The van der Waals surface area contributed by atoms with Crippen LogP contribution in [-0.4, -0.2) is 15.8 Å². The maximum Gasteiger partial charge on any atom is 0.269 e. The lowest BCUT2D eigenvalue weighted by Gasteiger charge is -2.16. The molecule has 0 saturated heterocycles. The highest BCUT2D eigenvalue weighted by molar-refractivity contribution is 6.41. The minimum absolute atomic E-state index is 0.115. The van der Waals surface area contributed by atoms with Crippen molar-refractivity contribution in [3.63, 3.8) is 0 Å². The van der Waals surface area contributed by atoms with Crippen molar-refractivity contribution in [3.8, 4) is 0 Å². The summed E-state index contributed by atoms with van der Waals surface area (Å²) in [5.74, 6) is 0. The first kappa shape index (κ1) is 14.1. The highest BCUT2D eigenvalue weighted by Crippen LogP contribution is 2.44. The summed E-state index contributed by atoms with van der Waals surface area (Å²) < 4.78 is 1.92. The van der Waals surface area contributed by atoms with Crippen molar-refractivity contribution in [2.45, 2.75) is 45.2 Å². The fourth-order valence-electron chi connectivity index (χ4n) is 2.66. The molecule has 1 heterocycles. The summed E-state index contributed by atoms with van der Waals surface area (Å²) in [5, 5.41) is 6.31. The Hall–Kier alpha value is -0.310. The summed E-state index contributed by atoms with van der Waals surface area (Å²) in [4.78, 5) is 0. The van der Waals surface area contributed by atoms with Crippen LogP contribution >= 0.6 is 34.8 Å². The first-order valence-corrected chi connectivity index (χ1v) is 6.93. The van der Waals surface area contributed by atoms with Crippen LogP contribution in [-0.2, 0) is 0 Å². The van der Waals surface area contributed by atoms with Gasteiger partial charge in [0.2, 0.25) is 0 Å². The van der Waals surface area contributed by atoms with Crippen molar-refractivity contribution in [1.29, 1.82) is 0 Å². The third-order valence-electron chi connectivity index (χ3n) is 3.00. The van der Waals surface area contributed by atoms with Gasteiger partial charge >= 0.3 is 0 Å². The van der Waals surface area contributed by atoms with Gasteiger partial charge in [0.05, 0.1) is 0 Å². The molecule has 2 rings (SSSR count). The number of hydrogen-bond donors (Lipinski definition) is 0. The molecule has 1 aromatic carbocycles. The van der Waals surface area contributed by atoms with Crippen LogP contribution in [0, 0.1) is 0 Å². The van der Waals surface area contributed by atoms with Crippen LogP contribution in [0.3, 0.4) is 0 Å². The molecule has 0 unspecified atom stereocenters. The molecule has 0 aromatic heterocycles. The number of azo groups is 2. The van der Waals surface area contributed by atoms with E-state index in [9.17, 15) is 0 Å². The Balaban J connectivity index is 2.63. The van der Waals surface area contributed by atoms with Crippen LogP contribution in [0.15, 0.2) is 17.2 Å². The highest BCUT2D eigenvalue weighted by Gasteiger charge is 2.49. The zero-order chi connectivity index (χ0) is 13.7. The molecule has 0 amide bonds. The van der Waals surface area contributed by atoms with Gasteiger partial charge in [0.1, 0.15) is 15.6 Å². The molecule has 0 fully saturated rings. The monoisotopic (exact) mass is 305 g/mol. The van der Waals surface area contributed by atoms with Crippen LogP contribution < -0.4 is 0 Å². The average Bonchev–Trinajstić information content (AvgIpc) is 2.32. The molecule has 18 heavy (non-hydrogen) atoms. The van der Waals surface area contributed by atoms with Gasteiger partial charge in [-0.3, -0.25) is 0 Å². The van der Waals surface area contributed by atoms with Crippen molar-refractivity contribution >= 4 is 40.5 Å². The molecule has 2 nitrogen and oxygen atoms in total. The minimum Gasteiger partial charge on any atom is -0.0842 e. The summed E-state index contributed by atoms with van der Waals surface area (Å²) in [7, 11) is 0. The van der Waals surface area contributed by atoms with E-state index >= 15 is 0 Å². The van der Waals surface area contributed by atoms with E-state index in [-0.39, 0.29) is 11.1 Å². The number of rotatable bonds is 1. The third-order valence-corrected chi connectivity index (χ3v) is 3.80. The Morgan fingerprint density at radius 3 is 1.94 bits per heavy atom. The van der Waals surface area contributed by atoms with E-state index in [0.717, 1.165) is 12.1 Å². The number of hydrogen-bond acceptors (Lipinski definition) is 1. The van der Waals surface area contributed by atoms with Crippen molar-refractivity contribution in [1.82, 2.24) is 0 Å². The van der Waals surface area contributed by atoms with Gasteiger partial charge in [-0.25, -0.2) is 0 Å². The zero-order valence-electron chi connectivity index (χ0n) is 10.9. The minimum atomic E-state index is -0.120. The lowest BCUT2D eigenvalue weighted by atomic mass is 9.89. The second kappa shape index (κ2) is 4.36. The maximum absolute atomic E-state index is 6.26. The molecule has 98 valence electrons. The van der Waals surface area contributed by atoms with Crippen LogP contribution in [0.5, 0.6) is 0 Å². The summed E-state index contributed by atoms with van der Waals surface area (Å²) in [6, 6.07) is 3.39. The van der Waals surface area contributed by atoms with E-state index in [2.05, 4.69) is 27.7 Å². The van der Waals surface area contributed by atoms with Gasteiger partial charge < -0.3 is 0 Å². The highest BCUT2D eigenvalue weighted by atomic mass is 35.5. The van der Waals surface area contributed by atoms with Crippen molar-refractivity contribution in [2.24, 2.45) is 5.11 Å². The number of nitrogens with zero attached hydrogens (tertiary/aromatic N) is 2. The predicted molar refractivity (Wildman–Crippen MR) is 76.6 cm³/mol. The van der Waals surface area contributed by atoms with Gasteiger partial charge in [0.15, 0.2) is 5.54 Å². The number of benzene rings is 1. The summed E-state index contributed by atoms with van der Waals surface area (Å²) in [5.41, 5.74) is 0.499. The van der Waals surface area contributed by atoms with Gasteiger partial charge in [0.25, 0.3) is 5.69 Å². The quantitative estimate of drug-likeness (QED) is 0.591. The van der Waals surface area contributed by atoms with Crippen LogP contribution in [0.1, 0.15) is 34.1 Å². The first-order chi connectivity index (χ1) is 8.12. The summed E-state index contributed by atoms with van der Waals surface area (Å²) in [6.45, 7) is 8.47. The predicted octanol–water partition coefficient (Wildman–Crippen LogP) is 5.70. The van der Waals surface area contributed by atoms with Gasteiger partial charge in [-0.15, -0.1) is 0 Å². The van der Waals surface area contributed by atoms with Gasteiger partial charge in [-0.1, -0.05) is 39.5 Å². The van der Waals surface area contributed by atoms with Crippen molar-refractivity contribution in [2.75, 3.05) is 0 Å². The molecule has 0 atom stereocenters.